The van der Waals surface area contributed by atoms with Gasteiger partial charge in [0.1, 0.15) is 12.2 Å². The molecular formula is C7H12F3NO6S. The maximum atomic E-state index is 11.9. The van der Waals surface area contributed by atoms with Gasteiger partial charge in [0.25, 0.3) is 0 Å². The Morgan fingerprint density at radius 1 is 1.39 bits per heavy atom. The fraction of sp³-hybridized carbons (Fsp3) is 0.857. The third-order valence-electron chi connectivity index (χ3n) is 1.95. The fourth-order valence-electron chi connectivity index (χ4n) is 0.656. The molecule has 0 aliphatic rings. The highest BCUT2D eigenvalue weighted by Gasteiger charge is 2.47. The van der Waals surface area contributed by atoms with E-state index in [2.05, 4.69) is 4.74 Å². The van der Waals surface area contributed by atoms with Gasteiger partial charge >= 0.3 is 21.6 Å². The molecule has 0 aromatic carbocycles. The molecule has 7 nitrogen and oxygen atoms in total. The van der Waals surface area contributed by atoms with Crippen molar-refractivity contribution in [3.63, 3.8) is 0 Å². The zero-order chi connectivity index (χ0) is 14.6. The molecule has 0 heterocycles. The third kappa shape index (κ3) is 4.66. The van der Waals surface area contributed by atoms with E-state index in [0.29, 0.717) is 4.72 Å². The molecule has 0 fully saturated rings. The van der Waals surface area contributed by atoms with Crippen LogP contribution in [0.15, 0.2) is 0 Å². The number of carbonyl (C=O) groups is 1. The van der Waals surface area contributed by atoms with Crippen LogP contribution in [-0.2, 0) is 14.8 Å². The minimum absolute atomic E-state index is 0.0528. The first kappa shape index (κ1) is 16.9. The molecule has 1 amide bonds. The van der Waals surface area contributed by atoms with E-state index >= 15 is 0 Å². The molecule has 0 aliphatic heterocycles. The molecule has 108 valence electrons. The van der Waals surface area contributed by atoms with Gasteiger partial charge in [-0.25, -0.2) is 9.52 Å². The van der Waals surface area contributed by atoms with Crippen molar-refractivity contribution in [2.24, 2.45) is 0 Å². The number of hydrogen-bond acceptors (Lipinski definition) is 6. The molecular weight excluding hydrogens is 283 g/mol. The Balaban J connectivity index is 4.48. The van der Waals surface area contributed by atoms with Gasteiger partial charge in [-0.2, -0.15) is 21.6 Å². The summed E-state index contributed by atoms with van der Waals surface area (Å²) in [6.45, 7) is -0.230. The largest absolute Gasteiger partial charge is 0.516 e. The molecule has 0 saturated heterocycles. The average Bonchev–Trinajstić information content (AvgIpc) is 2.24. The van der Waals surface area contributed by atoms with Crippen LogP contribution >= 0.6 is 0 Å². The molecule has 0 saturated carbocycles. The second-order valence-corrected chi connectivity index (χ2v) is 5.04. The van der Waals surface area contributed by atoms with Crippen molar-refractivity contribution >= 4 is 16.1 Å². The fourth-order valence-corrected chi connectivity index (χ4v) is 1.05. The van der Waals surface area contributed by atoms with E-state index in [1.807, 2.05) is 0 Å². The Morgan fingerprint density at radius 3 is 2.22 bits per heavy atom. The number of aliphatic hydroxyl groups is 2. The van der Waals surface area contributed by atoms with E-state index in [0.717, 1.165) is 0 Å². The van der Waals surface area contributed by atoms with Crippen molar-refractivity contribution in [1.29, 1.82) is 0 Å². The Hall–Kier alpha value is -1.07. The normalized spacial score (nSPS) is 15.9. The predicted molar refractivity (Wildman–Crippen MR) is 51.8 cm³/mol. The number of amides is 1. The number of hydrogen-bond donors (Lipinski definition) is 3. The number of rotatable bonds is 5. The van der Waals surface area contributed by atoms with E-state index in [4.69, 9.17) is 5.11 Å². The van der Waals surface area contributed by atoms with Crippen LogP contribution < -0.4 is 4.72 Å². The Bertz CT molecular complexity index is 388. The van der Waals surface area contributed by atoms with Gasteiger partial charge in [-0.1, -0.05) is 6.92 Å². The van der Waals surface area contributed by atoms with E-state index in [1.165, 1.54) is 6.92 Å². The number of aliphatic hydroxyl groups excluding tert-OH is 1. The van der Waals surface area contributed by atoms with Crippen LogP contribution in [0, 0.1) is 0 Å². The van der Waals surface area contributed by atoms with Gasteiger partial charge in [-0.05, 0) is 6.42 Å². The van der Waals surface area contributed by atoms with Crippen LogP contribution in [0.1, 0.15) is 13.3 Å². The number of nitrogens with one attached hydrogen (secondary N) is 1. The lowest BCUT2D eigenvalue weighted by atomic mass is 10.0. The summed E-state index contributed by atoms with van der Waals surface area (Å²) in [5, 5.41) is 18.1. The van der Waals surface area contributed by atoms with Crippen molar-refractivity contribution in [2.45, 2.75) is 24.5 Å². The van der Waals surface area contributed by atoms with E-state index in [9.17, 15) is 31.5 Å². The molecule has 1 unspecified atom stereocenters. The van der Waals surface area contributed by atoms with Crippen molar-refractivity contribution < 1.29 is 41.3 Å². The average molecular weight is 295 g/mol. The van der Waals surface area contributed by atoms with Gasteiger partial charge in [-0.3, -0.25) is 0 Å². The van der Waals surface area contributed by atoms with Gasteiger partial charge in [-0.15, -0.1) is 0 Å². The molecule has 3 N–H and O–H groups in total. The Morgan fingerprint density at radius 2 is 1.89 bits per heavy atom. The first-order valence-corrected chi connectivity index (χ1v) is 6.05. The van der Waals surface area contributed by atoms with Gasteiger partial charge < -0.3 is 14.9 Å². The smallest absolute Gasteiger partial charge is 0.446 e. The van der Waals surface area contributed by atoms with Gasteiger partial charge in [0.05, 0.1) is 6.61 Å². The van der Waals surface area contributed by atoms with E-state index < -0.39 is 40.4 Å². The molecule has 0 aliphatic carbocycles. The molecule has 0 aromatic heterocycles. The standard InChI is InChI=1S/C7H12F3NO6S/c1-2-6(14,3-12)4-17-5(13)11-18(15,16)7(8,9)10/h12,14H,2-4H2,1H3,(H,11,13). The highest BCUT2D eigenvalue weighted by Crippen LogP contribution is 2.21. The SMILES string of the molecule is CCC(O)(CO)COC(=O)NS(=O)(=O)C(F)(F)F. The van der Waals surface area contributed by atoms with Crippen molar-refractivity contribution in [3.05, 3.63) is 0 Å². The monoisotopic (exact) mass is 295 g/mol. The van der Waals surface area contributed by atoms with Crippen LogP contribution in [0.5, 0.6) is 0 Å². The zero-order valence-electron chi connectivity index (χ0n) is 9.19. The molecule has 18 heavy (non-hydrogen) atoms. The molecule has 0 aromatic rings. The molecule has 0 rings (SSSR count). The summed E-state index contributed by atoms with van der Waals surface area (Å²) in [4.78, 5) is 10.8. The second kappa shape index (κ2) is 5.71. The zero-order valence-corrected chi connectivity index (χ0v) is 10.0. The summed E-state index contributed by atoms with van der Waals surface area (Å²) in [5.74, 6) is 0. The van der Waals surface area contributed by atoms with Gasteiger partial charge in [0.15, 0.2) is 0 Å². The van der Waals surface area contributed by atoms with Crippen molar-refractivity contribution in [1.82, 2.24) is 4.72 Å². The molecule has 0 bridgehead atoms. The third-order valence-corrected chi connectivity index (χ3v) is 2.99. The molecule has 0 radical (unpaired) electrons. The number of sulfonamides is 1. The summed E-state index contributed by atoms with van der Waals surface area (Å²) in [7, 11) is -5.85. The van der Waals surface area contributed by atoms with Gasteiger partial charge in [0, 0.05) is 0 Å². The van der Waals surface area contributed by atoms with Crippen LogP contribution in [0.2, 0.25) is 0 Å². The topological polar surface area (TPSA) is 113 Å². The van der Waals surface area contributed by atoms with E-state index in [1.54, 1.807) is 0 Å². The van der Waals surface area contributed by atoms with Gasteiger partial charge in [0.2, 0.25) is 0 Å². The summed E-state index contributed by atoms with van der Waals surface area (Å²) in [6.07, 6.45) is -1.95. The lowest BCUT2D eigenvalue weighted by molar-refractivity contribution is -0.0609. The van der Waals surface area contributed by atoms with Crippen molar-refractivity contribution in [3.8, 4) is 0 Å². The highest BCUT2D eigenvalue weighted by molar-refractivity contribution is 7.90. The molecule has 1 atom stereocenters. The number of ether oxygens (including phenoxy) is 1. The molecule has 11 heteroatoms. The maximum absolute atomic E-state index is 11.9. The first-order valence-electron chi connectivity index (χ1n) is 4.56. The highest BCUT2D eigenvalue weighted by atomic mass is 32.2. The maximum Gasteiger partial charge on any atom is 0.516 e. The number of carbonyl (C=O) groups excluding carboxylic acids is 1. The lowest BCUT2D eigenvalue weighted by Gasteiger charge is -2.23. The minimum Gasteiger partial charge on any atom is -0.446 e. The van der Waals surface area contributed by atoms with E-state index in [-0.39, 0.29) is 6.42 Å². The minimum atomic E-state index is -5.85. The predicted octanol–water partition coefficient (Wildman–Crippen LogP) is -0.304. The molecule has 0 spiro atoms. The first-order chi connectivity index (χ1) is 7.97. The summed E-state index contributed by atoms with van der Waals surface area (Å²) < 4.78 is 61.2. The van der Waals surface area contributed by atoms with Crippen LogP contribution in [0.4, 0.5) is 18.0 Å². The Labute approximate surface area is 101 Å². The number of halogens is 3. The van der Waals surface area contributed by atoms with Crippen molar-refractivity contribution in [2.75, 3.05) is 13.2 Å². The lowest BCUT2D eigenvalue weighted by Crippen LogP contribution is -2.44. The number of alkyl halides is 3. The van der Waals surface area contributed by atoms with Crippen LogP contribution in [-0.4, -0.2) is 49.0 Å². The summed E-state index contributed by atoms with van der Waals surface area (Å²) >= 11 is 0. The van der Waals surface area contributed by atoms with Crippen LogP contribution in [0.25, 0.3) is 0 Å². The summed E-state index contributed by atoms with van der Waals surface area (Å²) in [6, 6.07) is 0. The quantitative estimate of drug-likeness (QED) is 0.641. The second-order valence-electron chi connectivity index (χ2n) is 3.36. The Kier molecular flexibility index (Phi) is 5.37. The summed E-state index contributed by atoms with van der Waals surface area (Å²) in [5.41, 5.74) is -7.48. The van der Waals surface area contributed by atoms with Crippen LogP contribution in [0.3, 0.4) is 0 Å².